The van der Waals surface area contributed by atoms with Gasteiger partial charge in [0.2, 0.25) is 5.91 Å². The smallest absolute Gasteiger partial charge is 0.233 e. The highest BCUT2D eigenvalue weighted by Gasteiger charge is 2.25. The van der Waals surface area contributed by atoms with Crippen molar-refractivity contribution in [1.82, 2.24) is 4.90 Å². The first-order valence-electron chi connectivity index (χ1n) is 6.23. The number of carbonyl (C=O) groups is 1. The van der Waals surface area contributed by atoms with Crippen LogP contribution in [0.2, 0.25) is 0 Å². The van der Waals surface area contributed by atoms with Crippen molar-refractivity contribution >= 4 is 33.8 Å². The molecule has 0 aromatic carbocycles. The van der Waals surface area contributed by atoms with Crippen LogP contribution in [-0.2, 0) is 4.79 Å². The lowest BCUT2D eigenvalue weighted by atomic mass is 9.92. The third kappa shape index (κ3) is 3.91. The lowest BCUT2D eigenvalue weighted by Crippen LogP contribution is -2.43. The molecule has 0 saturated carbocycles. The van der Waals surface area contributed by atoms with Crippen LogP contribution in [0.5, 0.6) is 0 Å². The summed E-state index contributed by atoms with van der Waals surface area (Å²) in [6.07, 6.45) is 1.25. The maximum atomic E-state index is 12.1. The molecule has 5 heteroatoms. The van der Waals surface area contributed by atoms with Gasteiger partial charge in [-0.15, -0.1) is 0 Å². The Morgan fingerprint density at radius 3 is 2.76 bits per heavy atom. The number of hydrogen-bond acceptors (Lipinski definition) is 4. The molecule has 2 aliphatic heterocycles. The van der Waals surface area contributed by atoms with Crippen LogP contribution >= 0.6 is 23.5 Å². The molecule has 0 aromatic rings. The highest BCUT2D eigenvalue weighted by Crippen LogP contribution is 2.24. The van der Waals surface area contributed by atoms with Gasteiger partial charge in [-0.05, 0) is 18.3 Å². The molecule has 0 unspecified atom stereocenters. The van der Waals surface area contributed by atoms with Gasteiger partial charge in [-0.1, -0.05) is 37.4 Å². The molecular formula is C12H20N2OS2. The Morgan fingerprint density at radius 1 is 1.47 bits per heavy atom. The molecule has 2 rings (SSSR count). The first-order chi connectivity index (χ1) is 8.15. The summed E-state index contributed by atoms with van der Waals surface area (Å²) in [5, 5.41) is 0. The van der Waals surface area contributed by atoms with Gasteiger partial charge >= 0.3 is 0 Å². The SMILES string of the molecule is C[C@@H]1C[C@H](C)CN(C(=O)CSC2=NCCS2)C1. The number of thioether (sulfide) groups is 2. The topological polar surface area (TPSA) is 32.7 Å². The van der Waals surface area contributed by atoms with E-state index in [1.54, 1.807) is 23.5 Å². The maximum absolute atomic E-state index is 12.1. The van der Waals surface area contributed by atoms with Crippen molar-refractivity contribution in [2.75, 3.05) is 31.1 Å². The summed E-state index contributed by atoms with van der Waals surface area (Å²) in [4.78, 5) is 18.5. The van der Waals surface area contributed by atoms with Crippen LogP contribution in [0.3, 0.4) is 0 Å². The summed E-state index contributed by atoms with van der Waals surface area (Å²) in [6.45, 7) is 7.26. The van der Waals surface area contributed by atoms with Gasteiger partial charge in [0.1, 0.15) is 4.38 Å². The molecule has 1 saturated heterocycles. The molecular weight excluding hydrogens is 252 g/mol. The van der Waals surface area contributed by atoms with Crippen molar-refractivity contribution in [2.24, 2.45) is 16.8 Å². The van der Waals surface area contributed by atoms with Crippen LogP contribution in [0.4, 0.5) is 0 Å². The molecule has 0 aromatic heterocycles. The van der Waals surface area contributed by atoms with Crippen molar-refractivity contribution < 1.29 is 4.79 Å². The van der Waals surface area contributed by atoms with E-state index in [2.05, 4.69) is 18.8 Å². The monoisotopic (exact) mass is 272 g/mol. The standard InChI is InChI=1S/C12H20N2OS2/c1-9-5-10(2)7-14(6-9)11(15)8-17-12-13-3-4-16-12/h9-10H,3-8H2,1-2H3/t9-,10+. The van der Waals surface area contributed by atoms with Crippen LogP contribution < -0.4 is 0 Å². The fourth-order valence-electron chi connectivity index (χ4n) is 2.48. The molecule has 2 aliphatic rings. The Bertz CT molecular complexity index is 310. The first-order valence-corrected chi connectivity index (χ1v) is 8.20. The van der Waals surface area contributed by atoms with Crippen LogP contribution in [0.15, 0.2) is 4.99 Å². The molecule has 0 aliphatic carbocycles. The largest absolute Gasteiger partial charge is 0.341 e. The van der Waals surface area contributed by atoms with E-state index in [0.717, 1.165) is 29.8 Å². The molecule has 1 fully saturated rings. The van der Waals surface area contributed by atoms with Gasteiger partial charge in [-0.2, -0.15) is 0 Å². The number of rotatable bonds is 2. The molecule has 0 N–H and O–H groups in total. The molecule has 0 radical (unpaired) electrons. The highest BCUT2D eigenvalue weighted by atomic mass is 32.2. The van der Waals surface area contributed by atoms with Crippen molar-refractivity contribution in [3.05, 3.63) is 0 Å². The normalized spacial score (nSPS) is 29.3. The first kappa shape index (κ1) is 13.3. The Hall–Kier alpha value is -0.160. The molecule has 2 heterocycles. The van der Waals surface area contributed by atoms with Crippen LogP contribution in [-0.4, -0.2) is 46.3 Å². The molecule has 2 atom stereocenters. The molecule has 1 amide bonds. The quantitative estimate of drug-likeness (QED) is 0.773. The summed E-state index contributed by atoms with van der Waals surface area (Å²) in [5.74, 6) is 3.21. The number of nitrogens with zero attached hydrogens (tertiary/aromatic N) is 2. The van der Waals surface area contributed by atoms with Crippen molar-refractivity contribution in [3.63, 3.8) is 0 Å². The number of aliphatic imine (C=N–C) groups is 1. The second-order valence-corrected chi connectivity index (χ2v) is 7.34. The maximum Gasteiger partial charge on any atom is 0.233 e. The van der Waals surface area contributed by atoms with Crippen LogP contribution in [0.1, 0.15) is 20.3 Å². The third-order valence-corrected chi connectivity index (χ3v) is 5.34. The molecule has 17 heavy (non-hydrogen) atoms. The van der Waals surface area contributed by atoms with Gasteiger partial charge in [0, 0.05) is 18.8 Å². The predicted molar refractivity (Wildman–Crippen MR) is 76.7 cm³/mol. The second-order valence-electron chi connectivity index (χ2n) is 5.03. The zero-order valence-electron chi connectivity index (χ0n) is 10.5. The summed E-state index contributed by atoms with van der Waals surface area (Å²) < 4.78 is 1.09. The Morgan fingerprint density at radius 2 is 2.18 bits per heavy atom. The van der Waals surface area contributed by atoms with Gasteiger partial charge in [-0.3, -0.25) is 9.79 Å². The number of amides is 1. The molecule has 96 valence electrons. The van der Waals surface area contributed by atoms with E-state index in [9.17, 15) is 4.79 Å². The minimum absolute atomic E-state index is 0.281. The van der Waals surface area contributed by atoms with Crippen molar-refractivity contribution in [1.29, 1.82) is 0 Å². The predicted octanol–water partition coefficient (Wildman–Crippen LogP) is 2.33. The van der Waals surface area contributed by atoms with Gasteiger partial charge in [0.15, 0.2) is 0 Å². The minimum Gasteiger partial charge on any atom is -0.341 e. The van der Waals surface area contributed by atoms with Crippen LogP contribution in [0, 0.1) is 11.8 Å². The number of hydrogen-bond donors (Lipinski definition) is 0. The lowest BCUT2D eigenvalue weighted by Gasteiger charge is -2.35. The lowest BCUT2D eigenvalue weighted by molar-refractivity contribution is -0.130. The van der Waals surface area contributed by atoms with E-state index in [-0.39, 0.29) is 5.91 Å². The molecule has 0 bridgehead atoms. The Kier molecular flexibility index (Phi) is 4.79. The molecule has 0 spiro atoms. The second kappa shape index (κ2) is 6.14. The number of piperidine rings is 1. The van der Waals surface area contributed by atoms with E-state index < -0.39 is 0 Å². The highest BCUT2D eigenvalue weighted by molar-refractivity contribution is 8.39. The average molecular weight is 272 g/mol. The van der Waals surface area contributed by atoms with E-state index in [1.807, 2.05) is 4.90 Å². The van der Waals surface area contributed by atoms with Gasteiger partial charge < -0.3 is 4.90 Å². The summed E-state index contributed by atoms with van der Waals surface area (Å²) >= 11 is 3.38. The van der Waals surface area contributed by atoms with E-state index in [0.29, 0.717) is 17.6 Å². The zero-order chi connectivity index (χ0) is 12.3. The zero-order valence-corrected chi connectivity index (χ0v) is 12.1. The van der Waals surface area contributed by atoms with Crippen molar-refractivity contribution in [3.8, 4) is 0 Å². The summed E-state index contributed by atoms with van der Waals surface area (Å²) in [6, 6.07) is 0. The molecule has 3 nitrogen and oxygen atoms in total. The van der Waals surface area contributed by atoms with E-state index in [4.69, 9.17) is 0 Å². The Balaban J connectivity index is 1.78. The average Bonchev–Trinajstić information content (AvgIpc) is 2.77. The van der Waals surface area contributed by atoms with Gasteiger partial charge in [0.05, 0.1) is 12.3 Å². The Labute approximate surface area is 112 Å². The fraction of sp³-hybridized carbons (Fsp3) is 0.833. The van der Waals surface area contributed by atoms with E-state index in [1.165, 1.54) is 6.42 Å². The van der Waals surface area contributed by atoms with E-state index >= 15 is 0 Å². The minimum atomic E-state index is 0.281. The van der Waals surface area contributed by atoms with Gasteiger partial charge in [0.25, 0.3) is 0 Å². The number of carbonyl (C=O) groups excluding carboxylic acids is 1. The van der Waals surface area contributed by atoms with Crippen LogP contribution in [0.25, 0.3) is 0 Å². The summed E-state index contributed by atoms with van der Waals surface area (Å²) in [5.41, 5.74) is 0. The fourth-order valence-corrected chi connectivity index (χ4v) is 4.40. The summed E-state index contributed by atoms with van der Waals surface area (Å²) in [7, 11) is 0. The number of likely N-dealkylation sites (tertiary alicyclic amines) is 1. The van der Waals surface area contributed by atoms with Crippen molar-refractivity contribution in [2.45, 2.75) is 20.3 Å². The van der Waals surface area contributed by atoms with Gasteiger partial charge in [-0.25, -0.2) is 0 Å². The third-order valence-electron chi connectivity index (χ3n) is 3.10.